The van der Waals surface area contributed by atoms with Crippen LogP contribution >= 0.6 is 23.5 Å². The van der Waals surface area contributed by atoms with Gasteiger partial charge in [0, 0.05) is 9.79 Å². The average Bonchev–Trinajstić information content (AvgIpc) is 2.74. The number of benzene rings is 1. The molecule has 0 aliphatic carbocycles. The predicted molar refractivity (Wildman–Crippen MR) is 70.4 cm³/mol. The lowest BCUT2D eigenvalue weighted by Gasteiger charge is -2.07. The molecule has 0 saturated heterocycles. The molecule has 1 aromatic carbocycles. The minimum absolute atomic E-state index is 0.303. The lowest BCUT2D eigenvalue weighted by atomic mass is 10.2. The Morgan fingerprint density at radius 3 is 2.67 bits per heavy atom. The highest BCUT2D eigenvalue weighted by molar-refractivity contribution is 7.99. The number of aromatic amines is 1. The quantitative estimate of drug-likeness (QED) is 0.839. The van der Waals surface area contributed by atoms with E-state index in [1.54, 1.807) is 19.1 Å². The maximum Gasteiger partial charge on any atom is 0.337 e. The Labute approximate surface area is 112 Å². The summed E-state index contributed by atoms with van der Waals surface area (Å²) in [6.45, 7) is 1.80. The second kappa shape index (κ2) is 5.45. The molecule has 1 heterocycles. The van der Waals surface area contributed by atoms with E-state index in [2.05, 4.69) is 15.2 Å². The number of aromatic nitrogens is 3. The SMILES string of the molecule is CSc1cccc(Sc2n[nH]c(C)n2)c1C(=O)O. The maximum absolute atomic E-state index is 11.3. The summed E-state index contributed by atoms with van der Waals surface area (Å²) in [7, 11) is 0. The van der Waals surface area contributed by atoms with Crippen molar-refractivity contribution in [2.24, 2.45) is 0 Å². The van der Waals surface area contributed by atoms with Gasteiger partial charge in [-0.1, -0.05) is 6.07 Å². The monoisotopic (exact) mass is 281 g/mol. The normalized spacial score (nSPS) is 10.6. The van der Waals surface area contributed by atoms with E-state index in [1.807, 2.05) is 12.3 Å². The molecule has 0 saturated carbocycles. The van der Waals surface area contributed by atoms with Crippen LogP contribution in [0.5, 0.6) is 0 Å². The molecule has 0 radical (unpaired) electrons. The molecule has 0 aliphatic heterocycles. The van der Waals surface area contributed by atoms with E-state index >= 15 is 0 Å². The molecular weight excluding hydrogens is 270 g/mol. The van der Waals surface area contributed by atoms with Crippen molar-refractivity contribution in [2.75, 3.05) is 6.26 Å². The molecule has 0 atom stereocenters. The maximum atomic E-state index is 11.3. The minimum atomic E-state index is -0.935. The van der Waals surface area contributed by atoms with Crippen molar-refractivity contribution in [1.82, 2.24) is 15.2 Å². The van der Waals surface area contributed by atoms with Crippen molar-refractivity contribution in [3.63, 3.8) is 0 Å². The van der Waals surface area contributed by atoms with E-state index in [9.17, 15) is 9.90 Å². The summed E-state index contributed by atoms with van der Waals surface area (Å²) in [6, 6.07) is 5.39. The second-order valence-corrected chi connectivity index (χ2v) is 5.30. The van der Waals surface area contributed by atoms with E-state index in [-0.39, 0.29) is 0 Å². The van der Waals surface area contributed by atoms with Crippen LogP contribution in [0.15, 0.2) is 33.1 Å². The van der Waals surface area contributed by atoms with Crippen LogP contribution in [0.4, 0.5) is 0 Å². The first-order valence-corrected chi connectivity index (χ1v) is 7.13. The summed E-state index contributed by atoms with van der Waals surface area (Å²) < 4.78 is 0. The number of hydrogen-bond donors (Lipinski definition) is 2. The number of nitrogens with zero attached hydrogens (tertiary/aromatic N) is 2. The summed E-state index contributed by atoms with van der Waals surface area (Å²) in [6.07, 6.45) is 1.85. The van der Waals surface area contributed by atoms with Gasteiger partial charge in [-0.25, -0.2) is 9.78 Å². The molecular formula is C11H11N3O2S2. The minimum Gasteiger partial charge on any atom is -0.478 e. The first-order valence-electron chi connectivity index (χ1n) is 5.09. The number of rotatable bonds is 4. The summed E-state index contributed by atoms with van der Waals surface area (Å²) in [5.74, 6) is -0.231. The van der Waals surface area contributed by atoms with Crippen LogP contribution < -0.4 is 0 Å². The standard InChI is InChI=1S/C11H11N3O2S2/c1-6-12-11(14-13-6)18-8-5-3-4-7(17-2)9(8)10(15)16/h3-5H,1-2H3,(H,15,16)(H,12,13,14). The van der Waals surface area contributed by atoms with Crippen molar-refractivity contribution in [2.45, 2.75) is 21.9 Å². The summed E-state index contributed by atoms with van der Waals surface area (Å²) >= 11 is 2.66. The average molecular weight is 281 g/mol. The molecule has 0 unspecified atom stereocenters. The van der Waals surface area contributed by atoms with Crippen molar-refractivity contribution >= 4 is 29.5 Å². The molecule has 0 fully saturated rings. The number of carboxylic acids is 1. The topological polar surface area (TPSA) is 78.9 Å². The van der Waals surface area contributed by atoms with Gasteiger partial charge in [-0.15, -0.1) is 16.9 Å². The Hall–Kier alpha value is -1.47. The number of H-pyrrole nitrogens is 1. The van der Waals surface area contributed by atoms with Crippen LogP contribution in [0.3, 0.4) is 0 Å². The van der Waals surface area contributed by atoms with Gasteiger partial charge in [0.2, 0.25) is 5.16 Å². The van der Waals surface area contributed by atoms with Crippen LogP contribution in [0.25, 0.3) is 0 Å². The molecule has 2 aromatic rings. The number of hydrogen-bond acceptors (Lipinski definition) is 5. The van der Waals surface area contributed by atoms with E-state index in [0.717, 1.165) is 4.90 Å². The molecule has 7 heteroatoms. The largest absolute Gasteiger partial charge is 0.478 e. The Morgan fingerprint density at radius 1 is 1.39 bits per heavy atom. The van der Waals surface area contributed by atoms with Gasteiger partial charge in [-0.3, -0.25) is 5.10 Å². The van der Waals surface area contributed by atoms with E-state index in [4.69, 9.17) is 0 Å². The zero-order valence-corrected chi connectivity index (χ0v) is 11.4. The Bertz CT molecular complexity index is 583. The zero-order valence-electron chi connectivity index (χ0n) is 9.80. The van der Waals surface area contributed by atoms with E-state index in [0.29, 0.717) is 21.4 Å². The van der Waals surface area contributed by atoms with Crippen molar-refractivity contribution in [3.05, 3.63) is 29.6 Å². The molecule has 0 aliphatic rings. The summed E-state index contributed by atoms with van der Waals surface area (Å²) in [5, 5.41) is 16.5. The first kappa shape index (κ1) is 13.0. The predicted octanol–water partition coefficient (Wildman–Crippen LogP) is 2.68. The Balaban J connectivity index is 2.41. The number of carboxylic acid groups (broad SMARTS) is 1. The summed E-state index contributed by atoms with van der Waals surface area (Å²) in [5.41, 5.74) is 0.303. The van der Waals surface area contributed by atoms with E-state index < -0.39 is 5.97 Å². The number of aryl methyl sites for hydroxylation is 1. The highest BCUT2D eigenvalue weighted by Gasteiger charge is 2.17. The van der Waals surface area contributed by atoms with Crippen LogP contribution in [0.1, 0.15) is 16.2 Å². The molecule has 0 amide bonds. The molecule has 94 valence electrons. The third-order valence-corrected chi connectivity index (χ3v) is 3.91. The molecule has 2 N–H and O–H groups in total. The van der Waals surface area contributed by atoms with Gasteiger partial charge in [-0.2, -0.15) is 0 Å². The fourth-order valence-electron chi connectivity index (χ4n) is 1.44. The van der Waals surface area contributed by atoms with Crippen molar-refractivity contribution in [3.8, 4) is 0 Å². The lowest BCUT2D eigenvalue weighted by molar-refractivity contribution is 0.0689. The van der Waals surface area contributed by atoms with Gasteiger partial charge in [-0.05, 0) is 37.1 Å². The van der Waals surface area contributed by atoms with Gasteiger partial charge in [0.15, 0.2) is 0 Å². The molecule has 18 heavy (non-hydrogen) atoms. The Kier molecular flexibility index (Phi) is 3.93. The Morgan fingerprint density at radius 2 is 2.11 bits per heavy atom. The fourth-order valence-corrected chi connectivity index (χ4v) is 3.04. The van der Waals surface area contributed by atoms with Crippen LogP contribution in [0, 0.1) is 6.92 Å². The van der Waals surface area contributed by atoms with Crippen molar-refractivity contribution in [1.29, 1.82) is 0 Å². The molecule has 1 aromatic heterocycles. The smallest absolute Gasteiger partial charge is 0.337 e. The number of nitrogens with one attached hydrogen (secondary N) is 1. The highest BCUT2D eigenvalue weighted by atomic mass is 32.2. The number of aromatic carboxylic acids is 1. The molecule has 0 spiro atoms. The third kappa shape index (κ3) is 2.68. The van der Waals surface area contributed by atoms with Gasteiger partial charge in [0.1, 0.15) is 5.82 Å². The lowest BCUT2D eigenvalue weighted by Crippen LogP contribution is -2.01. The number of carbonyl (C=O) groups is 1. The van der Waals surface area contributed by atoms with Gasteiger partial charge in [0.25, 0.3) is 0 Å². The zero-order chi connectivity index (χ0) is 13.1. The molecule has 2 rings (SSSR count). The van der Waals surface area contributed by atoms with Crippen LogP contribution in [-0.2, 0) is 0 Å². The van der Waals surface area contributed by atoms with Crippen LogP contribution in [0.2, 0.25) is 0 Å². The highest BCUT2D eigenvalue weighted by Crippen LogP contribution is 2.33. The van der Waals surface area contributed by atoms with Crippen molar-refractivity contribution < 1.29 is 9.90 Å². The van der Waals surface area contributed by atoms with Crippen LogP contribution in [-0.4, -0.2) is 32.5 Å². The second-order valence-electron chi connectivity index (χ2n) is 3.44. The third-order valence-electron chi connectivity index (χ3n) is 2.20. The van der Waals surface area contributed by atoms with Gasteiger partial charge in [0.05, 0.1) is 5.56 Å². The molecule has 5 nitrogen and oxygen atoms in total. The van der Waals surface area contributed by atoms with Gasteiger partial charge >= 0.3 is 5.97 Å². The number of thioether (sulfide) groups is 1. The molecule has 0 bridgehead atoms. The first-order chi connectivity index (χ1) is 8.61. The van der Waals surface area contributed by atoms with Gasteiger partial charge < -0.3 is 5.11 Å². The fraction of sp³-hybridized carbons (Fsp3) is 0.182. The van der Waals surface area contributed by atoms with E-state index in [1.165, 1.54) is 23.5 Å². The summed E-state index contributed by atoms with van der Waals surface area (Å²) in [4.78, 5) is 16.9.